The lowest BCUT2D eigenvalue weighted by atomic mass is 10.0. The number of aryl methyl sites for hydroxylation is 1. The van der Waals surface area contributed by atoms with Gasteiger partial charge in [0, 0.05) is 36.5 Å². The maximum Gasteiger partial charge on any atom is 0.333 e. The summed E-state index contributed by atoms with van der Waals surface area (Å²) in [5.74, 6) is 0.959. The molecule has 0 saturated carbocycles. The maximum atomic E-state index is 13.2. The van der Waals surface area contributed by atoms with Crippen molar-refractivity contribution in [3.63, 3.8) is 0 Å². The van der Waals surface area contributed by atoms with Crippen LogP contribution in [0.3, 0.4) is 0 Å². The average Bonchev–Trinajstić information content (AvgIpc) is 3.09. The lowest BCUT2D eigenvalue weighted by Gasteiger charge is -2.10. The van der Waals surface area contributed by atoms with E-state index >= 15 is 0 Å². The molecule has 0 N–H and O–H groups in total. The van der Waals surface area contributed by atoms with Gasteiger partial charge in [0.1, 0.15) is 5.69 Å². The predicted octanol–water partition coefficient (Wildman–Crippen LogP) is 3.74. The van der Waals surface area contributed by atoms with Gasteiger partial charge in [-0.2, -0.15) is 0 Å². The van der Waals surface area contributed by atoms with Crippen molar-refractivity contribution in [2.24, 2.45) is 7.05 Å². The first-order valence-corrected chi connectivity index (χ1v) is 10.2. The SMILES string of the molecule is CCOc1ccc(-c2ccc3ncc4c(c3c2)n(-c2cccnc2OC)c(=O)n4C)cn1. The van der Waals surface area contributed by atoms with Gasteiger partial charge in [-0.3, -0.25) is 14.1 Å². The standard InChI is InChI=1S/C24H21N5O3/c1-4-32-21-10-8-16(13-27-21)15-7-9-18-17(12-15)22-20(14-26-18)28(2)24(30)29(22)19-6-5-11-25-23(19)31-3/h5-14H,4H2,1-3H3. The van der Waals surface area contributed by atoms with Crippen LogP contribution in [0.4, 0.5) is 0 Å². The minimum absolute atomic E-state index is 0.200. The lowest BCUT2D eigenvalue weighted by molar-refractivity contribution is 0.327. The van der Waals surface area contributed by atoms with Crippen LogP contribution < -0.4 is 15.2 Å². The number of ether oxygens (including phenoxy) is 2. The molecule has 5 rings (SSSR count). The predicted molar refractivity (Wildman–Crippen MR) is 123 cm³/mol. The number of methoxy groups -OCH3 is 1. The minimum atomic E-state index is -0.200. The van der Waals surface area contributed by atoms with Crippen molar-refractivity contribution in [2.75, 3.05) is 13.7 Å². The van der Waals surface area contributed by atoms with Crippen LogP contribution in [-0.4, -0.2) is 37.8 Å². The summed E-state index contributed by atoms with van der Waals surface area (Å²) >= 11 is 0. The summed E-state index contributed by atoms with van der Waals surface area (Å²) in [6, 6.07) is 13.4. The molecule has 0 fully saturated rings. The van der Waals surface area contributed by atoms with Gasteiger partial charge in [0.25, 0.3) is 0 Å². The van der Waals surface area contributed by atoms with E-state index in [2.05, 4.69) is 15.0 Å². The Labute approximate surface area is 183 Å². The van der Waals surface area contributed by atoms with Crippen molar-refractivity contribution in [1.82, 2.24) is 24.1 Å². The molecule has 0 unspecified atom stereocenters. The Morgan fingerprint density at radius 2 is 1.84 bits per heavy atom. The van der Waals surface area contributed by atoms with Gasteiger partial charge in [-0.25, -0.2) is 14.8 Å². The Morgan fingerprint density at radius 1 is 1.00 bits per heavy atom. The molecular formula is C24H21N5O3. The van der Waals surface area contributed by atoms with E-state index in [9.17, 15) is 4.79 Å². The molecule has 0 aliphatic heterocycles. The van der Waals surface area contributed by atoms with E-state index in [1.165, 1.54) is 0 Å². The van der Waals surface area contributed by atoms with E-state index in [1.807, 2.05) is 43.3 Å². The molecule has 160 valence electrons. The zero-order valence-corrected chi connectivity index (χ0v) is 17.9. The Balaban J connectivity index is 1.79. The van der Waals surface area contributed by atoms with Crippen molar-refractivity contribution in [3.05, 3.63) is 71.5 Å². The monoisotopic (exact) mass is 427 g/mol. The Morgan fingerprint density at radius 3 is 2.59 bits per heavy atom. The molecule has 8 heteroatoms. The zero-order chi connectivity index (χ0) is 22.2. The highest BCUT2D eigenvalue weighted by molar-refractivity contribution is 6.04. The summed E-state index contributed by atoms with van der Waals surface area (Å²) in [6.45, 7) is 2.49. The first-order chi connectivity index (χ1) is 15.6. The average molecular weight is 427 g/mol. The molecule has 32 heavy (non-hydrogen) atoms. The molecule has 0 aliphatic rings. The first kappa shape index (κ1) is 19.7. The minimum Gasteiger partial charge on any atom is -0.479 e. The third-order valence-corrected chi connectivity index (χ3v) is 5.43. The highest BCUT2D eigenvalue weighted by Crippen LogP contribution is 2.31. The number of aromatic nitrogens is 5. The topological polar surface area (TPSA) is 84.1 Å². The summed E-state index contributed by atoms with van der Waals surface area (Å²) in [6.07, 6.45) is 5.13. The number of benzene rings is 1. The molecule has 0 atom stereocenters. The van der Waals surface area contributed by atoms with Crippen LogP contribution in [-0.2, 0) is 7.05 Å². The molecule has 0 saturated heterocycles. The summed E-state index contributed by atoms with van der Waals surface area (Å²) < 4.78 is 14.1. The molecule has 1 aromatic carbocycles. The summed E-state index contributed by atoms with van der Waals surface area (Å²) in [4.78, 5) is 26.5. The van der Waals surface area contributed by atoms with Crippen molar-refractivity contribution < 1.29 is 9.47 Å². The molecule has 4 aromatic heterocycles. The molecule has 8 nitrogen and oxygen atoms in total. The van der Waals surface area contributed by atoms with Gasteiger partial charge in [0.15, 0.2) is 0 Å². The second-order valence-corrected chi connectivity index (χ2v) is 7.25. The summed E-state index contributed by atoms with van der Waals surface area (Å²) in [7, 11) is 3.27. The Hall–Kier alpha value is -4.20. The number of hydrogen-bond donors (Lipinski definition) is 0. The van der Waals surface area contributed by atoms with Crippen LogP contribution in [0.25, 0.3) is 38.8 Å². The molecule has 0 bridgehead atoms. The van der Waals surface area contributed by atoms with Gasteiger partial charge in [-0.05, 0) is 42.8 Å². The van der Waals surface area contributed by atoms with Crippen LogP contribution in [0.2, 0.25) is 0 Å². The largest absolute Gasteiger partial charge is 0.479 e. The van der Waals surface area contributed by atoms with Gasteiger partial charge < -0.3 is 9.47 Å². The number of nitrogens with zero attached hydrogens (tertiary/aromatic N) is 5. The van der Waals surface area contributed by atoms with E-state index in [0.29, 0.717) is 24.1 Å². The van der Waals surface area contributed by atoms with E-state index in [0.717, 1.165) is 33.1 Å². The number of imidazole rings is 1. The quantitative estimate of drug-likeness (QED) is 0.425. The van der Waals surface area contributed by atoms with Crippen molar-refractivity contribution in [2.45, 2.75) is 6.92 Å². The maximum absolute atomic E-state index is 13.2. The van der Waals surface area contributed by atoms with Crippen molar-refractivity contribution in [1.29, 1.82) is 0 Å². The fourth-order valence-electron chi connectivity index (χ4n) is 3.89. The van der Waals surface area contributed by atoms with Crippen molar-refractivity contribution >= 4 is 21.9 Å². The second kappa shape index (κ2) is 7.81. The van der Waals surface area contributed by atoms with Gasteiger partial charge in [0.05, 0.1) is 36.5 Å². The van der Waals surface area contributed by atoms with Gasteiger partial charge >= 0.3 is 5.69 Å². The highest BCUT2D eigenvalue weighted by atomic mass is 16.5. The van der Waals surface area contributed by atoms with E-state index in [1.54, 1.807) is 47.9 Å². The molecule has 0 aliphatic carbocycles. The lowest BCUT2D eigenvalue weighted by Crippen LogP contribution is -2.21. The third kappa shape index (κ3) is 3.08. The molecular weight excluding hydrogens is 406 g/mol. The van der Waals surface area contributed by atoms with Crippen LogP contribution in [0.1, 0.15) is 6.92 Å². The van der Waals surface area contributed by atoms with Gasteiger partial charge in [-0.15, -0.1) is 0 Å². The number of rotatable bonds is 5. The smallest absolute Gasteiger partial charge is 0.333 e. The molecule has 4 heterocycles. The van der Waals surface area contributed by atoms with Crippen LogP contribution in [0.15, 0.2) is 65.8 Å². The first-order valence-electron chi connectivity index (χ1n) is 10.2. The number of pyridine rings is 3. The van der Waals surface area contributed by atoms with E-state index in [-0.39, 0.29) is 5.69 Å². The summed E-state index contributed by atoms with van der Waals surface area (Å²) in [5.41, 5.74) is 4.52. The second-order valence-electron chi connectivity index (χ2n) is 7.25. The number of hydrogen-bond acceptors (Lipinski definition) is 6. The molecule has 0 amide bonds. The Bertz CT molecular complexity index is 1500. The van der Waals surface area contributed by atoms with E-state index < -0.39 is 0 Å². The van der Waals surface area contributed by atoms with Gasteiger partial charge in [-0.1, -0.05) is 6.07 Å². The van der Waals surface area contributed by atoms with Crippen LogP contribution in [0.5, 0.6) is 11.8 Å². The number of fused-ring (bicyclic) bond motifs is 3. The van der Waals surface area contributed by atoms with Gasteiger partial charge in [0.2, 0.25) is 11.8 Å². The van der Waals surface area contributed by atoms with Crippen LogP contribution in [0, 0.1) is 0 Å². The fourth-order valence-corrected chi connectivity index (χ4v) is 3.89. The van der Waals surface area contributed by atoms with Crippen LogP contribution >= 0.6 is 0 Å². The van der Waals surface area contributed by atoms with E-state index in [4.69, 9.17) is 9.47 Å². The Kier molecular flexibility index (Phi) is 4.82. The zero-order valence-electron chi connectivity index (χ0n) is 17.9. The summed E-state index contributed by atoms with van der Waals surface area (Å²) in [5, 5.41) is 0.845. The normalized spacial score (nSPS) is 11.2. The molecule has 0 spiro atoms. The molecule has 5 aromatic rings. The van der Waals surface area contributed by atoms with Crippen molar-refractivity contribution in [3.8, 4) is 28.6 Å². The third-order valence-electron chi connectivity index (χ3n) is 5.43. The highest BCUT2D eigenvalue weighted by Gasteiger charge is 2.19. The molecule has 0 radical (unpaired) electrons. The fraction of sp³-hybridized carbons (Fsp3) is 0.167.